The largest absolute Gasteiger partial charge is 0.397 e. The summed E-state index contributed by atoms with van der Waals surface area (Å²) in [7, 11) is 0. The summed E-state index contributed by atoms with van der Waals surface area (Å²) in [5, 5.41) is 2.81. The molecule has 2 rings (SSSR count). The normalized spacial score (nSPS) is 9.94. The predicted octanol–water partition coefficient (Wildman–Crippen LogP) is 1.96. The molecule has 0 bridgehead atoms. The number of nitrogens with zero attached hydrogens (tertiary/aromatic N) is 2. The third kappa shape index (κ3) is 2.51. The summed E-state index contributed by atoms with van der Waals surface area (Å²) in [5.41, 5.74) is 6.53. The molecule has 0 radical (unpaired) electrons. The minimum absolute atomic E-state index is 0.160. The number of hydrogen-bond acceptors (Lipinski definition) is 4. The summed E-state index contributed by atoms with van der Waals surface area (Å²) < 4.78 is 0. The quantitative estimate of drug-likeness (QED) is 0.796. The number of anilines is 2. The number of carbonyl (C=O) groups excluding carboxylic acids is 1. The maximum absolute atomic E-state index is 11.8. The van der Waals surface area contributed by atoms with Gasteiger partial charge in [-0.3, -0.25) is 4.79 Å². The smallest absolute Gasteiger partial charge is 0.276 e. The third-order valence-corrected chi connectivity index (χ3v) is 2.36. The van der Waals surface area contributed by atoms with Crippen LogP contribution in [0.3, 0.4) is 0 Å². The maximum Gasteiger partial charge on any atom is 0.276 e. The van der Waals surface area contributed by atoms with E-state index in [1.807, 2.05) is 0 Å². The van der Waals surface area contributed by atoms with Crippen molar-refractivity contribution in [2.45, 2.75) is 0 Å². The zero-order chi connectivity index (χ0) is 12.3. The van der Waals surface area contributed by atoms with E-state index >= 15 is 0 Å². The highest BCUT2D eigenvalue weighted by atomic mass is 35.5. The number of pyridine rings is 2. The molecule has 1 amide bonds. The van der Waals surface area contributed by atoms with Crippen LogP contribution in [0, 0.1) is 0 Å². The fourth-order valence-corrected chi connectivity index (χ4v) is 1.43. The Morgan fingerprint density at radius 1 is 1.24 bits per heavy atom. The number of nitrogens with one attached hydrogen (secondary N) is 1. The fourth-order valence-electron chi connectivity index (χ4n) is 1.27. The maximum atomic E-state index is 11.8. The Morgan fingerprint density at radius 2 is 1.94 bits per heavy atom. The summed E-state index contributed by atoms with van der Waals surface area (Å²) in [6.07, 6.45) is 3.03. The van der Waals surface area contributed by atoms with Gasteiger partial charge in [0.25, 0.3) is 5.91 Å². The van der Waals surface area contributed by atoms with Gasteiger partial charge in [-0.25, -0.2) is 9.97 Å². The van der Waals surface area contributed by atoms with E-state index < -0.39 is 5.91 Å². The van der Waals surface area contributed by atoms with Crippen LogP contribution >= 0.6 is 11.6 Å². The lowest BCUT2D eigenvalue weighted by Gasteiger charge is -2.06. The molecule has 0 unspecified atom stereocenters. The van der Waals surface area contributed by atoms with E-state index in [-0.39, 0.29) is 10.8 Å². The Bertz CT molecular complexity index is 559. The number of amides is 1. The van der Waals surface area contributed by atoms with Crippen molar-refractivity contribution >= 4 is 28.9 Å². The lowest BCUT2D eigenvalue weighted by atomic mass is 10.3. The van der Waals surface area contributed by atoms with Crippen molar-refractivity contribution in [2.75, 3.05) is 11.1 Å². The van der Waals surface area contributed by atoms with Crippen molar-refractivity contribution < 1.29 is 4.79 Å². The molecule has 0 spiro atoms. The van der Waals surface area contributed by atoms with Gasteiger partial charge in [0.1, 0.15) is 0 Å². The van der Waals surface area contributed by atoms with Crippen LogP contribution in [0.15, 0.2) is 36.7 Å². The zero-order valence-electron chi connectivity index (χ0n) is 8.72. The molecule has 0 aromatic carbocycles. The number of aromatic nitrogens is 2. The topological polar surface area (TPSA) is 80.9 Å². The highest BCUT2D eigenvalue weighted by molar-refractivity contribution is 6.32. The van der Waals surface area contributed by atoms with Crippen molar-refractivity contribution in [1.82, 2.24) is 9.97 Å². The molecule has 5 nitrogen and oxygen atoms in total. The first-order valence-corrected chi connectivity index (χ1v) is 5.18. The number of halogens is 1. The van der Waals surface area contributed by atoms with Crippen LogP contribution < -0.4 is 11.1 Å². The van der Waals surface area contributed by atoms with Gasteiger partial charge in [0.05, 0.1) is 11.4 Å². The second-order valence-corrected chi connectivity index (χ2v) is 3.60. The standard InChI is InChI=1S/C11H9ClN4O/c12-10-8(4-2-6-15-10)16-11(17)9-7(13)3-1-5-14-9/h1-6H,13H2,(H,16,17). The first-order valence-electron chi connectivity index (χ1n) is 4.81. The molecule has 0 aliphatic carbocycles. The lowest BCUT2D eigenvalue weighted by molar-refractivity contribution is 0.102. The van der Waals surface area contributed by atoms with E-state index in [2.05, 4.69) is 15.3 Å². The van der Waals surface area contributed by atoms with Gasteiger partial charge in [-0.15, -0.1) is 0 Å². The van der Waals surface area contributed by atoms with Gasteiger partial charge < -0.3 is 11.1 Å². The van der Waals surface area contributed by atoms with Crippen LogP contribution in [-0.4, -0.2) is 15.9 Å². The van der Waals surface area contributed by atoms with Gasteiger partial charge in [-0.05, 0) is 24.3 Å². The summed E-state index contributed by atoms with van der Waals surface area (Å²) in [4.78, 5) is 19.6. The number of hydrogen-bond donors (Lipinski definition) is 2. The van der Waals surface area contributed by atoms with E-state index in [0.29, 0.717) is 11.4 Å². The SMILES string of the molecule is Nc1cccnc1C(=O)Nc1cccnc1Cl. The van der Waals surface area contributed by atoms with E-state index in [0.717, 1.165) is 0 Å². The Kier molecular flexibility index (Phi) is 3.20. The van der Waals surface area contributed by atoms with E-state index in [1.54, 1.807) is 24.3 Å². The van der Waals surface area contributed by atoms with Crippen molar-refractivity contribution in [2.24, 2.45) is 0 Å². The Labute approximate surface area is 103 Å². The second-order valence-electron chi connectivity index (χ2n) is 3.24. The van der Waals surface area contributed by atoms with Crippen LogP contribution in [0.25, 0.3) is 0 Å². The Morgan fingerprint density at radius 3 is 2.65 bits per heavy atom. The number of nitrogens with two attached hydrogens (primary N) is 1. The summed E-state index contributed by atoms with van der Waals surface area (Å²) >= 11 is 5.82. The molecule has 0 aliphatic heterocycles. The molecular weight excluding hydrogens is 240 g/mol. The molecular formula is C11H9ClN4O. The molecule has 6 heteroatoms. The van der Waals surface area contributed by atoms with E-state index in [9.17, 15) is 4.79 Å². The molecule has 2 aromatic heterocycles. The van der Waals surface area contributed by atoms with Crippen LogP contribution in [0.4, 0.5) is 11.4 Å². The van der Waals surface area contributed by atoms with Gasteiger partial charge in [-0.1, -0.05) is 11.6 Å². The summed E-state index contributed by atoms with van der Waals surface area (Å²) in [5.74, 6) is -0.419. The Hall–Kier alpha value is -2.14. The van der Waals surface area contributed by atoms with Crippen molar-refractivity contribution in [1.29, 1.82) is 0 Å². The molecule has 0 atom stereocenters. The van der Waals surface area contributed by atoms with E-state index in [4.69, 9.17) is 17.3 Å². The highest BCUT2D eigenvalue weighted by Gasteiger charge is 2.12. The van der Waals surface area contributed by atoms with Gasteiger partial charge in [0.2, 0.25) is 0 Å². The van der Waals surface area contributed by atoms with Gasteiger partial charge >= 0.3 is 0 Å². The summed E-state index contributed by atoms with van der Waals surface area (Å²) in [6.45, 7) is 0. The molecule has 86 valence electrons. The molecule has 0 saturated carbocycles. The zero-order valence-corrected chi connectivity index (χ0v) is 9.48. The average molecular weight is 249 g/mol. The van der Waals surface area contributed by atoms with Crippen LogP contribution in [0.5, 0.6) is 0 Å². The van der Waals surface area contributed by atoms with E-state index in [1.165, 1.54) is 12.4 Å². The monoisotopic (exact) mass is 248 g/mol. The second kappa shape index (κ2) is 4.80. The van der Waals surface area contributed by atoms with Gasteiger partial charge in [-0.2, -0.15) is 0 Å². The predicted molar refractivity (Wildman–Crippen MR) is 65.8 cm³/mol. The molecule has 3 N–H and O–H groups in total. The average Bonchev–Trinajstić information content (AvgIpc) is 2.32. The molecule has 0 fully saturated rings. The molecule has 17 heavy (non-hydrogen) atoms. The molecule has 2 heterocycles. The number of nitrogen functional groups attached to an aromatic ring is 1. The number of carbonyl (C=O) groups is 1. The minimum Gasteiger partial charge on any atom is -0.397 e. The fraction of sp³-hybridized carbons (Fsp3) is 0. The molecule has 2 aromatic rings. The van der Waals surface area contributed by atoms with Crippen LogP contribution in [0.1, 0.15) is 10.5 Å². The summed E-state index contributed by atoms with van der Waals surface area (Å²) in [6, 6.07) is 6.57. The lowest BCUT2D eigenvalue weighted by Crippen LogP contribution is -2.16. The van der Waals surface area contributed by atoms with Gasteiger partial charge in [0.15, 0.2) is 10.8 Å². The van der Waals surface area contributed by atoms with Gasteiger partial charge in [0, 0.05) is 12.4 Å². The third-order valence-electron chi connectivity index (χ3n) is 2.06. The van der Waals surface area contributed by atoms with Crippen molar-refractivity contribution in [3.8, 4) is 0 Å². The van der Waals surface area contributed by atoms with Crippen LogP contribution in [0.2, 0.25) is 5.15 Å². The van der Waals surface area contributed by atoms with Crippen molar-refractivity contribution in [3.05, 3.63) is 47.5 Å². The first kappa shape index (κ1) is 11.3. The Balaban J connectivity index is 2.24. The molecule has 0 saturated heterocycles. The number of rotatable bonds is 2. The van der Waals surface area contributed by atoms with Crippen LogP contribution in [-0.2, 0) is 0 Å². The molecule has 0 aliphatic rings. The highest BCUT2D eigenvalue weighted by Crippen LogP contribution is 2.19. The first-order chi connectivity index (χ1) is 8.18. The van der Waals surface area contributed by atoms with Crippen molar-refractivity contribution in [3.63, 3.8) is 0 Å². The minimum atomic E-state index is -0.419.